The molecule has 1 saturated heterocycles. The number of ether oxygens (including phenoxy) is 2. The number of nitrogens with zero attached hydrogens (tertiary/aromatic N) is 3. The minimum Gasteiger partial charge on any atom is -0.497 e. The third kappa shape index (κ3) is 4.78. The number of esters is 1. The normalized spacial score (nSPS) is 19.6. The molecule has 1 fully saturated rings. The molecule has 4 rings (SSSR count). The number of nitro benzene ring substituents is 1. The van der Waals surface area contributed by atoms with Crippen LogP contribution in [0.25, 0.3) is 0 Å². The van der Waals surface area contributed by atoms with Gasteiger partial charge in [0.25, 0.3) is 11.6 Å². The van der Waals surface area contributed by atoms with Crippen molar-refractivity contribution in [1.82, 2.24) is 4.90 Å². The maximum absolute atomic E-state index is 12.9. The molecule has 9 nitrogen and oxygen atoms in total. The summed E-state index contributed by atoms with van der Waals surface area (Å²) in [4.78, 5) is 41.9. The number of methoxy groups -OCH3 is 1. The van der Waals surface area contributed by atoms with E-state index in [4.69, 9.17) is 21.1 Å². The zero-order valence-electron chi connectivity index (χ0n) is 18.0. The molecule has 0 unspecified atom stereocenters. The number of amides is 1. The smallest absolute Gasteiger partial charge is 0.355 e. The Morgan fingerprint density at radius 2 is 1.97 bits per heavy atom. The van der Waals surface area contributed by atoms with Crippen molar-refractivity contribution in [2.75, 3.05) is 18.7 Å². The van der Waals surface area contributed by atoms with E-state index in [-0.39, 0.29) is 35.2 Å². The molecule has 2 atom stereocenters. The number of hydrogen-bond acceptors (Lipinski definition) is 8. The second-order valence-electron chi connectivity index (χ2n) is 7.49. The number of non-ortho nitro benzene ring substituents is 1. The van der Waals surface area contributed by atoms with Gasteiger partial charge in [0.2, 0.25) is 0 Å². The summed E-state index contributed by atoms with van der Waals surface area (Å²) in [5.41, 5.74) is 2.20. The molecule has 2 aromatic rings. The summed E-state index contributed by atoms with van der Waals surface area (Å²) < 4.78 is 10.6. The van der Waals surface area contributed by atoms with E-state index >= 15 is 0 Å². The first-order valence-electron chi connectivity index (χ1n) is 10.2. The molecular formula is C23H20ClN3O6S. The fraction of sp³-hybridized carbons (Fsp3) is 0.261. The Hall–Kier alpha value is -3.37. The number of carbonyl (C=O) groups excluding carboxylic acids is 2. The molecule has 2 aliphatic heterocycles. The number of rotatable bonds is 8. The number of hydrogen-bond donors (Lipinski definition) is 0. The number of alkyl halides is 1. The van der Waals surface area contributed by atoms with E-state index in [1.165, 1.54) is 35.0 Å². The van der Waals surface area contributed by atoms with Gasteiger partial charge in [0, 0.05) is 30.0 Å². The first kappa shape index (κ1) is 23.8. The lowest BCUT2D eigenvalue weighted by Gasteiger charge is -2.48. The van der Waals surface area contributed by atoms with Crippen molar-refractivity contribution in [1.29, 1.82) is 0 Å². The third-order valence-electron chi connectivity index (χ3n) is 5.39. The highest BCUT2D eigenvalue weighted by atomic mass is 35.5. The topological polar surface area (TPSA) is 111 Å². The summed E-state index contributed by atoms with van der Waals surface area (Å²) in [6, 6.07) is 12.3. The molecule has 0 bridgehead atoms. The van der Waals surface area contributed by atoms with E-state index in [9.17, 15) is 19.7 Å². The average Bonchev–Trinajstić information content (AvgIpc) is 2.86. The van der Waals surface area contributed by atoms with E-state index in [0.717, 1.165) is 5.56 Å². The number of carbonyl (C=O) groups is 2. The van der Waals surface area contributed by atoms with Crippen molar-refractivity contribution >= 4 is 47.1 Å². The number of benzene rings is 2. The van der Waals surface area contributed by atoms with Gasteiger partial charge in [-0.25, -0.2) is 4.79 Å². The molecule has 176 valence electrons. The molecule has 0 N–H and O–H groups in total. The van der Waals surface area contributed by atoms with Gasteiger partial charge in [0.1, 0.15) is 23.4 Å². The van der Waals surface area contributed by atoms with Gasteiger partial charge in [0.05, 0.1) is 12.0 Å². The zero-order valence-corrected chi connectivity index (χ0v) is 19.6. The van der Waals surface area contributed by atoms with Crippen LogP contribution in [0.2, 0.25) is 0 Å². The van der Waals surface area contributed by atoms with E-state index in [1.807, 2.05) is 0 Å². The SMILES string of the molecule is COc1ccc(COC(=O)C2=C(CCl)CS[C@@H]3[C@H](/N=C/c4ccc([N+](=O)[O-])cc4)C(=O)N23)cc1. The maximum atomic E-state index is 12.9. The highest BCUT2D eigenvalue weighted by molar-refractivity contribution is 8.00. The van der Waals surface area contributed by atoms with Crippen LogP contribution in [0, 0.1) is 10.1 Å². The van der Waals surface area contributed by atoms with E-state index in [2.05, 4.69) is 4.99 Å². The van der Waals surface area contributed by atoms with Crippen molar-refractivity contribution in [2.24, 2.45) is 4.99 Å². The lowest BCUT2D eigenvalue weighted by atomic mass is 10.0. The highest BCUT2D eigenvalue weighted by Crippen LogP contribution is 2.42. The molecule has 11 heteroatoms. The third-order valence-corrected chi connectivity index (χ3v) is 7.04. The average molecular weight is 502 g/mol. The summed E-state index contributed by atoms with van der Waals surface area (Å²) in [6.45, 7) is 0.0451. The number of aliphatic imine (C=N–C) groups is 1. The molecule has 0 aliphatic carbocycles. The minimum atomic E-state index is -0.665. The lowest BCUT2D eigenvalue weighted by Crippen LogP contribution is -2.64. The van der Waals surface area contributed by atoms with Crippen LogP contribution < -0.4 is 4.74 Å². The predicted molar refractivity (Wildman–Crippen MR) is 128 cm³/mol. The van der Waals surface area contributed by atoms with E-state index in [0.29, 0.717) is 22.6 Å². The number of nitro groups is 1. The van der Waals surface area contributed by atoms with Crippen LogP contribution in [0.4, 0.5) is 5.69 Å². The summed E-state index contributed by atoms with van der Waals surface area (Å²) in [7, 11) is 1.57. The van der Waals surface area contributed by atoms with Crippen LogP contribution in [0.15, 0.2) is 64.8 Å². The second-order valence-corrected chi connectivity index (χ2v) is 8.86. The van der Waals surface area contributed by atoms with Crippen LogP contribution in [-0.2, 0) is 20.9 Å². The van der Waals surface area contributed by atoms with Crippen LogP contribution in [-0.4, -0.2) is 58.1 Å². The van der Waals surface area contributed by atoms with E-state index in [1.54, 1.807) is 43.5 Å². The van der Waals surface area contributed by atoms with E-state index < -0.39 is 16.9 Å². The Kier molecular flexibility index (Phi) is 7.18. The first-order valence-corrected chi connectivity index (χ1v) is 11.8. The monoisotopic (exact) mass is 501 g/mol. The van der Waals surface area contributed by atoms with Gasteiger partial charge in [-0.05, 0) is 41.0 Å². The Morgan fingerprint density at radius 1 is 1.26 bits per heavy atom. The molecular weight excluding hydrogens is 482 g/mol. The van der Waals surface area contributed by atoms with Crippen LogP contribution in [0.3, 0.4) is 0 Å². The fourth-order valence-electron chi connectivity index (χ4n) is 3.55. The number of thioether (sulfide) groups is 1. The standard InChI is InChI=1S/C23H20ClN3O6S/c1-32-18-8-4-15(5-9-18)12-33-23(29)20-16(10-24)13-34-22-19(21(28)26(20)22)25-11-14-2-6-17(7-3-14)27(30)31/h2-9,11,19,22H,10,12-13H2,1H3/b25-11+/t19-,22-/m1/s1. The molecule has 0 radical (unpaired) electrons. The molecule has 34 heavy (non-hydrogen) atoms. The fourth-order valence-corrected chi connectivity index (χ4v) is 5.22. The molecule has 2 aromatic carbocycles. The molecule has 0 spiro atoms. The van der Waals surface area contributed by atoms with Gasteiger partial charge in [-0.15, -0.1) is 23.4 Å². The predicted octanol–water partition coefficient (Wildman–Crippen LogP) is 3.54. The summed E-state index contributed by atoms with van der Waals surface area (Å²) in [5, 5.41) is 10.4. The largest absolute Gasteiger partial charge is 0.497 e. The van der Waals surface area contributed by atoms with Crippen LogP contribution in [0.5, 0.6) is 5.75 Å². The quantitative estimate of drug-likeness (QED) is 0.136. The minimum absolute atomic E-state index is 0.0255. The van der Waals surface area contributed by atoms with Crippen molar-refractivity contribution < 1.29 is 24.0 Å². The summed E-state index contributed by atoms with van der Waals surface area (Å²) in [6.07, 6.45) is 1.51. The molecule has 1 amide bonds. The van der Waals surface area contributed by atoms with Crippen molar-refractivity contribution in [2.45, 2.75) is 18.0 Å². The van der Waals surface area contributed by atoms with Gasteiger partial charge in [0.15, 0.2) is 6.04 Å². The second kappa shape index (κ2) is 10.3. The maximum Gasteiger partial charge on any atom is 0.355 e. The first-order chi connectivity index (χ1) is 16.4. The van der Waals surface area contributed by atoms with Crippen molar-refractivity contribution in [3.8, 4) is 5.75 Å². The number of halogens is 1. The molecule has 2 heterocycles. The summed E-state index contributed by atoms with van der Waals surface area (Å²) in [5.74, 6) is 0.347. The van der Waals surface area contributed by atoms with Gasteiger partial charge in [-0.3, -0.25) is 24.8 Å². The van der Waals surface area contributed by atoms with Gasteiger partial charge in [-0.1, -0.05) is 12.1 Å². The Bertz CT molecular complexity index is 1170. The molecule has 0 saturated carbocycles. The van der Waals surface area contributed by atoms with Gasteiger partial charge >= 0.3 is 5.97 Å². The molecule has 0 aromatic heterocycles. The van der Waals surface area contributed by atoms with Crippen molar-refractivity contribution in [3.63, 3.8) is 0 Å². The number of fused-ring (bicyclic) bond motifs is 1. The lowest BCUT2D eigenvalue weighted by molar-refractivity contribution is -0.384. The van der Waals surface area contributed by atoms with Gasteiger partial charge in [-0.2, -0.15) is 0 Å². The van der Waals surface area contributed by atoms with Crippen LogP contribution in [0.1, 0.15) is 11.1 Å². The highest BCUT2D eigenvalue weighted by Gasteiger charge is 2.53. The Morgan fingerprint density at radius 3 is 2.59 bits per heavy atom. The van der Waals surface area contributed by atoms with Gasteiger partial charge < -0.3 is 9.47 Å². The Labute approximate surface area is 204 Å². The Balaban J connectivity index is 1.44. The summed E-state index contributed by atoms with van der Waals surface area (Å²) >= 11 is 7.54. The number of β-lactam (4-membered cyclic amide) rings is 1. The molecule has 2 aliphatic rings. The van der Waals surface area contributed by atoms with Crippen molar-refractivity contribution in [3.05, 3.63) is 81.0 Å². The zero-order chi connectivity index (χ0) is 24.2. The van der Waals surface area contributed by atoms with Crippen LogP contribution >= 0.6 is 23.4 Å².